The van der Waals surface area contributed by atoms with Gasteiger partial charge in [0.2, 0.25) is 5.91 Å². The van der Waals surface area contributed by atoms with Crippen LogP contribution in [-0.4, -0.2) is 41.6 Å². The van der Waals surface area contributed by atoms with Crippen molar-refractivity contribution >= 4 is 17.8 Å². The number of carboxylic acid groups (broad SMARTS) is 1. The highest BCUT2D eigenvalue weighted by Gasteiger charge is 2.18. The number of hydrogen-bond acceptors (Lipinski definition) is 4. The minimum absolute atomic E-state index is 0.0116. The number of amides is 1. The first-order chi connectivity index (χ1) is 7.84. The largest absolute Gasteiger partial charge is 0.480 e. The van der Waals surface area contributed by atoms with Gasteiger partial charge in [0.25, 0.3) is 0 Å². The fourth-order valence-electron chi connectivity index (χ4n) is 1.03. The lowest BCUT2D eigenvalue weighted by atomic mass is 10.1. The van der Waals surface area contributed by atoms with Gasteiger partial charge in [0.15, 0.2) is 5.96 Å². The summed E-state index contributed by atoms with van der Waals surface area (Å²) in [6, 6.07) is -1.71. The first-order valence-electron chi connectivity index (χ1n) is 5.18. The predicted octanol–water partition coefficient (Wildman–Crippen LogP) is -2.04. The van der Waals surface area contributed by atoms with E-state index in [-0.39, 0.29) is 5.96 Å². The lowest BCUT2D eigenvalue weighted by Crippen LogP contribution is -2.47. The van der Waals surface area contributed by atoms with Crippen molar-refractivity contribution in [3.8, 4) is 0 Å². The maximum atomic E-state index is 11.4. The Kier molecular flexibility index (Phi) is 6.64. The van der Waals surface area contributed by atoms with Crippen molar-refractivity contribution in [3.63, 3.8) is 0 Å². The van der Waals surface area contributed by atoms with E-state index in [9.17, 15) is 9.59 Å². The van der Waals surface area contributed by atoms with Crippen LogP contribution in [0.15, 0.2) is 4.99 Å². The van der Waals surface area contributed by atoms with E-state index < -0.39 is 24.0 Å². The summed E-state index contributed by atoms with van der Waals surface area (Å²) in [5.74, 6) is -1.61. The van der Waals surface area contributed by atoms with Crippen LogP contribution in [0.5, 0.6) is 0 Å². The van der Waals surface area contributed by atoms with Crippen LogP contribution in [0.25, 0.3) is 0 Å². The van der Waals surface area contributed by atoms with E-state index in [0.29, 0.717) is 19.4 Å². The molecule has 8 N–H and O–H groups in total. The Morgan fingerprint density at radius 3 is 2.47 bits per heavy atom. The van der Waals surface area contributed by atoms with Gasteiger partial charge in [0, 0.05) is 6.54 Å². The Morgan fingerprint density at radius 1 is 1.41 bits per heavy atom. The molecule has 0 heterocycles. The number of nitrogens with two attached hydrogens (primary N) is 3. The quantitative estimate of drug-likeness (QED) is 0.197. The van der Waals surface area contributed by atoms with Crippen molar-refractivity contribution < 1.29 is 14.7 Å². The molecule has 8 heteroatoms. The molecule has 2 atom stereocenters. The summed E-state index contributed by atoms with van der Waals surface area (Å²) >= 11 is 0. The summed E-state index contributed by atoms with van der Waals surface area (Å²) in [7, 11) is 0. The maximum Gasteiger partial charge on any atom is 0.325 e. The van der Waals surface area contributed by atoms with Gasteiger partial charge in [-0.25, -0.2) is 0 Å². The third-order valence-electron chi connectivity index (χ3n) is 2.03. The summed E-state index contributed by atoms with van der Waals surface area (Å²) in [6.45, 7) is 1.75. The van der Waals surface area contributed by atoms with E-state index >= 15 is 0 Å². The highest BCUT2D eigenvalue weighted by Crippen LogP contribution is 1.96. The van der Waals surface area contributed by atoms with Crippen LogP contribution in [0, 0.1) is 0 Å². The van der Waals surface area contributed by atoms with E-state index in [1.165, 1.54) is 6.92 Å². The topological polar surface area (TPSA) is 157 Å². The molecule has 0 aliphatic heterocycles. The van der Waals surface area contributed by atoms with Gasteiger partial charge in [-0.1, -0.05) is 0 Å². The number of hydrogen-bond donors (Lipinski definition) is 5. The minimum atomic E-state index is -1.11. The Balaban J connectivity index is 3.90. The molecular formula is C9H19N5O3. The number of guanidine groups is 1. The van der Waals surface area contributed by atoms with E-state index in [4.69, 9.17) is 22.3 Å². The number of carbonyl (C=O) groups excluding carboxylic acids is 1. The third-order valence-corrected chi connectivity index (χ3v) is 2.03. The molecule has 0 rings (SSSR count). The number of carboxylic acids is 1. The molecule has 8 nitrogen and oxygen atoms in total. The molecule has 17 heavy (non-hydrogen) atoms. The van der Waals surface area contributed by atoms with Crippen LogP contribution < -0.4 is 22.5 Å². The van der Waals surface area contributed by atoms with Crippen LogP contribution in [-0.2, 0) is 9.59 Å². The normalized spacial score (nSPS) is 13.5. The molecule has 0 saturated heterocycles. The average Bonchev–Trinajstić information content (AvgIpc) is 2.23. The zero-order chi connectivity index (χ0) is 13.4. The minimum Gasteiger partial charge on any atom is -0.480 e. The van der Waals surface area contributed by atoms with E-state index in [1.54, 1.807) is 0 Å². The standard InChI is InChI=1S/C9H19N5O3/c1-5(8(16)17)14-7(15)6(10)3-2-4-13-9(11)12/h5-6H,2-4,10H2,1H3,(H,14,15)(H,16,17)(H4,11,12,13)/t5-,6-/m1/s1. The van der Waals surface area contributed by atoms with Crippen LogP contribution >= 0.6 is 0 Å². The Bertz CT molecular complexity index is 301. The average molecular weight is 245 g/mol. The molecule has 0 aromatic rings. The van der Waals surface area contributed by atoms with Gasteiger partial charge < -0.3 is 27.6 Å². The predicted molar refractivity (Wildman–Crippen MR) is 63.1 cm³/mol. The van der Waals surface area contributed by atoms with Crippen LogP contribution in [0.4, 0.5) is 0 Å². The zero-order valence-electron chi connectivity index (χ0n) is 9.72. The monoisotopic (exact) mass is 245 g/mol. The van der Waals surface area contributed by atoms with Crippen molar-refractivity contribution in [2.75, 3.05) is 6.54 Å². The Hall–Kier alpha value is -1.83. The van der Waals surface area contributed by atoms with Gasteiger partial charge in [-0.15, -0.1) is 0 Å². The number of rotatable bonds is 7. The summed E-state index contributed by atoms with van der Waals surface area (Å²) in [5, 5.41) is 10.9. The number of aliphatic carboxylic acids is 1. The lowest BCUT2D eigenvalue weighted by Gasteiger charge is -2.14. The number of carbonyl (C=O) groups is 2. The van der Waals surface area contributed by atoms with Crippen molar-refractivity contribution in [1.82, 2.24) is 5.32 Å². The second kappa shape index (κ2) is 7.44. The van der Waals surface area contributed by atoms with Crippen LogP contribution in [0.1, 0.15) is 19.8 Å². The van der Waals surface area contributed by atoms with E-state index in [1.807, 2.05) is 0 Å². The smallest absolute Gasteiger partial charge is 0.325 e. The van der Waals surface area contributed by atoms with Gasteiger partial charge >= 0.3 is 5.97 Å². The van der Waals surface area contributed by atoms with Crippen molar-refractivity contribution in [1.29, 1.82) is 0 Å². The van der Waals surface area contributed by atoms with E-state index in [2.05, 4.69) is 10.3 Å². The molecule has 0 aliphatic rings. The van der Waals surface area contributed by atoms with Gasteiger partial charge in [0.05, 0.1) is 6.04 Å². The summed E-state index contributed by atoms with van der Waals surface area (Å²) in [6.07, 6.45) is 0.933. The van der Waals surface area contributed by atoms with Gasteiger partial charge in [-0.2, -0.15) is 0 Å². The first kappa shape index (κ1) is 15.2. The van der Waals surface area contributed by atoms with Crippen LogP contribution in [0.3, 0.4) is 0 Å². The Morgan fingerprint density at radius 2 is 2.00 bits per heavy atom. The molecular weight excluding hydrogens is 226 g/mol. The van der Waals surface area contributed by atoms with Crippen molar-refractivity contribution in [3.05, 3.63) is 0 Å². The van der Waals surface area contributed by atoms with Crippen LogP contribution in [0.2, 0.25) is 0 Å². The molecule has 0 radical (unpaired) electrons. The summed E-state index contributed by atoms with van der Waals surface area (Å²) < 4.78 is 0. The number of nitrogens with zero attached hydrogens (tertiary/aromatic N) is 1. The first-order valence-corrected chi connectivity index (χ1v) is 5.18. The summed E-state index contributed by atoms with van der Waals surface area (Å²) in [4.78, 5) is 25.6. The molecule has 0 aromatic carbocycles. The van der Waals surface area contributed by atoms with Gasteiger partial charge in [0.1, 0.15) is 6.04 Å². The lowest BCUT2D eigenvalue weighted by molar-refractivity contribution is -0.141. The molecule has 0 fully saturated rings. The van der Waals surface area contributed by atoms with E-state index in [0.717, 1.165) is 0 Å². The fraction of sp³-hybridized carbons (Fsp3) is 0.667. The zero-order valence-corrected chi connectivity index (χ0v) is 9.72. The Labute approximate surface area is 99.2 Å². The molecule has 0 bridgehead atoms. The highest BCUT2D eigenvalue weighted by atomic mass is 16.4. The molecule has 0 aromatic heterocycles. The molecule has 0 spiro atoms. The second-order valence-corrected chi connectivity index (χ2v) is 3.62. The number of aliphatic imine (C=N–C) groups is 1. The summed E-state index contributed by atoms with van der Waals surface area (Å²) in [5.41, 5.74) is 15.8. The van der Waals surface area contributed by atoms with Gasteiger partial charge in [-0.3, -0.25) is 14.6 Å². The molecule has 0 saturated carbocycles. The van der Waals surface area contributed by atoms with Crippen molar-refractivity contribution in [2.24, 2.45) is 22.2 Å². The molecule has 98 valence electrons. The van der Waals surface area contributed by atoms with Gasteiger partial charge in [-0.05, 0) is 19.8 Å². The molecule has 1 amide bonds. The van der Waals surface area contributed by atoms with Crippen molar-refractivity contribution in [2.45, 2.75) is 31.8 Å². The maximum absolute atomic E-state index is 11.4. The number of nitrogens with one attached hydrogen (secondary N) is 1. The second-order valence-electron chi connectivity index (χ2n) is 3.62. The molecule has 0 unspecified atom stereocenters. The highest BCUT2D eigenvalue weighted by molar-refractivity contribution is 5.86. The SMILES string of the molecule is C[C@@H](NC(=O)[C@H](N)CCCN=C(N)N)C(=O)O. The molecule has 0 aliphatic carbocycles. The fourth-order valence-corrected chi connectivity index (χ4v) is 1.03. The third kappa shape index (κ3) is 7.12.